The number of thioether (sulfide) groups is 1. The van der Waals surface area contributed by atoms with Crippen molar-refractivity contribution in [3.63, 3.8) is 0 Å². The topological polar surface area (TPSA) is 20.3 Å². The van der Waals surface area contributed by atoms with Gasteiger partial charge in [-0.15, -0.1) is 11.8 Å². The van der Waals surface area contributed by atoms with Crippen molar-refractivity contribution in [1.29, 1.82) is 0 Å². The molecule has 1 saturated heterocycles. The minimum absolute atomic E-state index is 0.00340. The van der Waals surface area contributed by atoms with Crippen LogP contribution in [0.5, 0.6) is 0 Å². The zero-order chi connectivity index (χ0) is 14.8. The maximum atomic E-state index is 12.3. The minimum Gasteiger partial charge on any atom is -0.295 e. The first-order valence-electron chi connectivity index (χ1n) is 6.97. The molecular formula is C17H16ClNOS. The SMILES string of the molecule is CCc1ccc(N2C(=O)CS[C@@H]2c2cccc(Cl)c2)cc1. The van der Waals surface area contributed by atoms with Crippen molar-refractivity contribution in [3.05, 3.63) is 64.7 Å². The lowest BCUT2D eigenvalue weighted by molar-refractivity contribution is -0.115. The summed E-state index contributed by atoms with van der Waals surface area (Å²) >= 11 is 7.72. The highest BCUT2D eigenvalue weighted by molar-refractivity contribution is 8.00. The largest absolute Gasteiger partial charge is 0.295 e. The Morgan fingerprint density at radius 1 is 1.24 bits per heavy atom. The third-order valence-electron chi connectivity index (χ3n) is 3.62. The normalized spacial score (nSPS) is 18.3. The van der Waals surface area contributed by atoms with Crippen LogP contribution in [0.15, 0.2) is 48.5 Å². The first kappa shape index (κ1) is 14.5. The van der Waals surface area contributed by atoms with Crippen LogP contribution in [0.4, 0.5) is 5.69 Å². The predicted octanol–water partition coefficient (Wildman–Crippen LogP) is 4.68. The quantitative estimate of drug-likeness (QED) is 0.819. The number of nitrogens with zero attached hydrogens (tertiary/aromatic N) is 1. The highest BCUT2D eigenvalue weighted by Crippen LogP contribution is 2.42. The molecule has 0 spiro atoms. The zero-order valence-corrected chi connectivity index (χ0v) is 13.3. The number of amides is 1. The van der Waals surface area contributed by atoms with Crippen molar-refractivity contribution in [2.75, 3.05) is 10.7 Å². The van der Waals surface area contributed by atoms with E-state index in [4.69, 9.17) is 11.6 Å². The molecule has 2 aromatic carbocycles. The molecule has 1 amide bonds. The number of carbonyl (C=O) groups excluding carboxylic acids is 1. The van der Waals surface area contributed by atoms with Gasteiger partial charge in [0.25, 0.3) is 0 Å². The Labute approximate surface area is 134 Å². The monoisotopic (exact) mass is 317 g/mol. The van der Waals surface area contributed by atoms with Crippen molar-refractivity contribution in [2.24, 2.45) is 0 Å². The average Bonchev–Trinajstić information content (AvgIpc) is 2.89. The van der Waals surface area contributed by atoms with Crippen LogP contribution in [0, 0.1) is 0 Å². The summed E-state index contributed by atoms with van der Waals surface area (Å²) in [6.45, 7) is 2.13. The van der Waals surface area contributed by atoms with Crippen LogP contribution in [0.2, 0.25) is 5.02 Å². The van der Waals surface area contributed by atoms with E-state index in [0.717, 1.165) is 17.7 Å². The first-order chi connectivity index (χ1) is 10.2. The van der Waals surface area contributed by atoms with Gasteiger partial charge in [0.05, 0.1) is 5.75 Å². The molecule has 4 heteroatoms. The number of hydrogen-bond acceptors (Lipinski definition) is 2. The second-order valence-corrected chi connectivity index (χ2v) is 6.51. The van der Waals surface area contributed by atoms with Crippen LogP contribution in [0.25, 0.3) is 0 Å². The Kier molecular flexibility index (Phi) is 4.22. The van der Waals surface area contributed by atoms with Crippen molar-refractivity contribution in [1.82, 2.24) is 0 Å². The number of halogens is 1. The van der Waals surface area contributed by atoms with E-state index in [1.165, 1.54) is 5.56 Å². The number of rotatable bonds is 3. The lowest BCUT2D eigenvalue weighted by atomic mass is 10.1. The van der Waals surface area contributed by atoms with Gasteiger partial charge in [-0.2, -0.15) is 0 Å². The van der Waals surface area contributed by atoms with E-state index in [0.29, 0.717) is 10.8 Å². The first-order valence-corrected chi connectivity index (χ1v) is 8.40. The van der Waals surface area contributed by atoms with E-state index < -0.39 is 0 Å². The van der Waals surface area contributed by atoms with E-state index in [1.807, 2.05) is 41.3 Å². The highest BCUT2D eigenvalue weighted by Gasteiger charge is 2.33. The van der Waals surface area contributed by atoms with Crippen LogP contribution in [-0.4, -0.2) is 11.7 Å². The summed E-state index contributed by atoms with van der Waals surface area (Å²) in [5.74, 6) is 0.654. The summed E-state index contributed by atoms with van der Waals surface area (Å²) in [4.78, 5) is 14.1. The molecule has 1 heterocycles. The Balaban J connectivity index is 1.95. The summed E-state index contributed by atoms with van der Waals surface area (Å²) in [5.41, 5.74) is 3.29. The molecule has 3 rings (SSSR count). The molecule has 0 unspecified atom stereocenters. The Morgan fingerprint density at radius 3 is 2.67 bits per heavy atom. The van der Waals surface area contributed by atoms with E-state index in [1.54, 1.807) is 11.8 Å². The summed E-state index contributed by atoms with van der Waals surface area (Å²) in [7, 11) is 0. The predicted molar refractivity (Wildman–Crippen MR) is 90.0 cm³/mol. The molecule has 2 nitrogen and oxygen atoms in total. The molecule has 0 bridgehead atoms. The molecule has 1 atom stereocenters. The molecular weight excluding hydrogens is 302 g/mol. The summed E-state index contributed by atoms with van der Waals surface area (Å²) in [5, 5.41) is 0.706. The summed E-state index contributed by atoms with van der Waals surface area (Å²) in [6.07, 6.45) is 1.00. The Morgan fingerprint density at radius 2 is 2.00 bits per heavy atom. The number of aryl methyl sites for hydroxylation is 1. The fourth-order valence-corrected chi connectivity index (χ4v) is 3.87. The maximum absolute atomic E-state index is 12.3. The van der Waals surface area contributed by atoms with Gasteiger partial charge < -0.3 is 0 Å². The van der Waals surface area contributed by atoms with Crippen molar-refractivity contribution in [3.8, 4) is 0 Å². The van der Waals surface area contributed by atoms with E-state index >= 15 is 0 Å². The van der Waals surface area contributed by atoms with Gasteiger partial charge in [0.1, 0.15) is 5.37 Å². The van der Waals surface area contributed by atoms with Gasteiger partial charge in [-0.05, 0) is 41.8 Å². The number of hydrogen-bond donors (Lipinski definition) is 0. The van der Waals surface area contributed by atoms with Crippen LogP contribution >= 0.6 is 23.4 Å². The molecule has 1 fully saturated rings. The molecule has 108 valence electrons. The van der Waals surface area contributed by atoms with E-state index in [2.05, 4.69) is 19.1 Å². The third kappa shape index (κ3) is 2.94. The van der Waals surface area contributed by atoms with Crippen LogP contribution in [0.3, 0.4) is 0 Å². The van der Waals surface area contributed by atoms with Crippen LogP contribution in [-0.2, 0) is 11.2 Å². The zero-order valence-electron chi connectivity index (χ0n) is 11.8. The van der Waals surface area contributed by atoms with Gasteiger partial charge >= 0.3 is 0 Å². The van der Waals surface area contributed by atoms with E-state index in [-0.39, 0.29) is 11.3 Å². The molecule has 2 aromatic rings. The smallest absolute Gasteiger partial charge is 0.238 e. The van der Waals surface area contributed by atoms with Gasteiger partial charge in [0.2, 0.25) is 5.91 Å². The van der Waals surface area contributed by atoms with Crippen molar-refractivity contribution >= 4 is 35.0 Å². The molecule has 0 saturated carbocycles. The van der Waals surface area contributed by atoms with Gasteiger partial charge in [-0.3, -0.25) is 9.69 Å². The Bertz CT molecular complexity index is 656. The lowest BCUT2D eigenvalue weighted by Crippen LogP contribution is -2.27. The number of anilines is 1. The molecule has 21 heavy (non-hydrogen) atoms. The van der Waals surface area contributed by atoms with Gasteiger partial charge in [-0.25, -0.2) is 0 Å². The summed E-state index contributed by atoms with van der Waals surface area (Å²) < 4.78 is 0. The number of benzene rings is 2. The highest BCUT2D eigenvalue weighted by atomic mass is 35.5. The molecule has 1 aliphatic rings. The number of carbonyl (C=O) groups is 1. The van der Waals surface area contributed by atoms with Gasteiger partial charge in [0.15, 0.2) is 0 Å². The average molecular weight is 318 g/mol. The second kappa shape index (κ2) is 6.12. The second-order valence-electron chi connectivity index (χ2n) is 5.00. The van der Waals surface area contributed by atoms with Crippen molar-refractivity contribution in [2.45, 2.75) is 18.7 Å². The summed E-state index contributed by atoms with van der Waals surface area (Å²) in [6, 6.07) is 16.0. The molecule has 1 aliphatic heterocycles. The van der Waals surface area contributed by atoms with Crippen molar-refractivity contribution < 1.29 is 4.79 Å². The Hall–Kier alpha value is -1.45. The minimum atomic E-state index is 0.00340. The molecule has 0 aromatic heterocycles. The molecule has 0 aliphatic carbocycles. The third-order valence-corrected chi connectivity index (χ3v) is 5.07. The maximum Gasteiger partial charge on any atom is 0.238 e. The molecule has 0 N–H and O–H groups in total. The lowest BCUT2D eigenvalue weighted by Gasteiger charge is -2.24. The van der Waals surface area contributed by atoms with Gasteiger partial charge in [-0.1, -0.05) is 42.8 Å². The fourth-order valence-electron chi connectivity index (χ4n) is 2.50. The van der Waals surface area contributed by atoms with E-state index in [9.17, 15) is 4.79 Å². The van der Waals surface area contributed by atoms with Crippen LogP contribution in [0.1, 0.15) is 23.4 Å². The standard InChI is InChI=1S/C17H16ClNOS/c1-2-12-6-8-15(9-7-12)19-16(20)11-21-17(19)13-4-3-5-14(18)10-13/h3-10,17H,2,11H2,1H3/t17-/m1/s1. The van der Waals surface area contributed by atoms with Crippen LogP contribution < -0.4 is 4.90 Å². The van der Waals surface area contributed by atoms with Gasteiger partial charge in [0, 0.05) is 10.7 Å². The fraction of sp³-hybridized carbons (Fsp3) is 0.235. The molecule has 0 radical (unpaired) electrons.